The van der Waals surface area contributed by atoms with Gasteiger partial charge in [-0.1, -0.05) is 36.7 Å². The molecule has 1 aliphatic rings. The Morgan fingerprint density at radius 2 is 1.96 bits per heavy atom. The number of nitrogens with zero attached hydrogens (tertiary/aromatic N) is 2. The van der Waals surface area contributed by atoms with Crippen LogP contribution in [-0.4, -0.2) is 41.0 Å². The molecule has 2 aromatic rings. The Kier molecular flexibility index (Phi) is 6.69. The summed E-state index contributed by atoms with van der Waals surface area (Å²) in [5, 5.41) is 13.3. The van der Waals surface area contributed by atoms with Crippen LogP contribution in [0.1, 0.15) is 37.1 Å². The van der Waals surface area contributed by atoms with E-state index in [0.717, 1.165) is 48.8 Å². The number of nitrogens with one attached hydrogen (secondary N) is 2. The van der Waals surface area contributed by atoms with E-state index in [2.05, 4.69) is 20.8 Å². The quantitative estimate of drug-likeness (QED) is 0.700. The molecule has 1 saturated carbocycles. The fourth-order valence-electron chi connectivity index (χ4n) is 2.87. The molecule has 1 aliphatic carbocycles. The second-order valence-corrected chi connectivity index (χ2v) is 7.20. The van der Waals surface area contributed by atoms with E-state index in [1.807, 2.05) is 24.3 Å². The van der Waals surface area contributed by atoms with Gasteiger partial charge in [-0.3, -0.25) is 10.1 Å². The number of aromatic nitrogens is 2. The predicted octanol–water partition coefficient (Wildman–Crippen LogP) is 2.53. The highest BCUT2D eigenvalue weighted by atomic mass is 32.2. The van der Waals surface area contributed by atoms with Crippen molar-refractivity contribution in [2.75, 3.05) is 12.9 Å². The second kappa shape index (κ2) is 9.40. The van der Waals surface area contributed by atoms with Gasteiger partial charge in [-0.05, 0) is 30.5 Å². The summed E-state index contributed by atoms with van der Waals surface area (Å²) in [4.78, 5) is 23.6. The zero-order valence-corrected chi connectivity index (χ0v) is 15.9. The van der Waals surface area contributed by atoms with Crippen LogP contribution >= 0.6 is 11.8 Å². The number of hydrogen-bond acceptors (Lipinski definition) is 7. The maximum atomic E-state index is 11.9. The van der Waals surface area contributed by atoms with Gasteiger partial charge in [-0.15, -0.1) is 10.2 Å². The third kappa shape index (κ3) is 5.99. The van der Waals surface area contributed by atoms with Gasteiger partial charge in [-0.2, -0.15) is 0 Å². The third-order valence-corrected chi connectivity index (χ3v) is 5.05. The van der Waals surface area contributed by atoms with E-state index in [1.54, 1.807) is 7.11 Å². The first-order chi connectivity index (χ1) is 13.1. The number of imide groups is 1. The Labute approximate surface area is 161 Å². The lowest BCUT2D eigenvalue weighted by molar-refractivity contribution is -0.117. The van der Waals surface area contributed by atoms with E-state index in [0.29, 0.717) is 17.5 Å². The largest absolute Gasteiger partial charge is 0.497 e. The summed E-state index contributed by atoms with van der Waals surface area (Å²) >= 11 is 1.10. The maximum Gasteiger partial charge on any atom is 0.321 e. The summed E-state index contributed by atoms with van der Waals surface area (Å²) in [6.07, 6.45) is 4.66. The molecule has 1 aromatic carbocycles. The number of rotatable bonds is 7. The standard InChI is InChI=1S/C18H22N4O4S/c1-25-14-8-6-12(7-9-14)10-16-21-22-18(26-16)27-11-15(23)20-17(24)19-13-4-2-3-5-13/h6-9,13H,2-5,10-11H2,1H3,(H2,19,20,23,24). The van der Waals surface area contributed by atoms with E-state index < -0.39 is 11.9 Å². The Morgan fingerprint density at radius 1 is 1.22 bits per heavy atom. The van der Waals surface area contributed by atoms with E-state index >= 15 is 0 Å². The van der Waals surface area contributed by atoms with Crippen molar-refractivity contribution in [1.29, 1.82) is 0 Å². The van der Waals surface area contributed by atoms with Gasteiger partial charge < -0.3 is 14.5 Å². The lowest BCUT2D eigenvalue weighted by Gasteiger charge is -2.11. The molecule has 0 spiro atoms. The molecule has 3 amide bonds. The van der Waals surface area contributed by atoms with Gasteiger partial charge in [-0.25, -0.2) is 4.79 Å². The van der Waals surface area contributed by atoms with Gasteiger partial charge in [0.2, 0.25) is 11.8 Å². The third-order valence-electron chi connectivity index (χ3n) is 4.23. The number of thioether (sulfide) groups is 1. The van der Waals surface area contributed by atoms with Gasteiger partial charge in [0, 0.05) is 6.04 Å². The smallest absolute Gasteiger partial charge is 0.321 e. The molecule has 1 aromatic heterocycles. The summed E-state index contributed by atoms with van der Waals surface area (Å²) < 4.78 is 10.7. The number of benzene rings is 1. The van der Waals surface area contributed by atoms with Crippen LogP contribution in [0, 0.1) is 0 Å². The minimum atomic E-state index is -0.446. The molecular weight excluding hydrogens is 368 g/mol. The number of carbonyl (C=O) groups is 2. The molecule has 2 N–H and O–H groups in total. The van der Waals surface area contributed by atoms with Crippen molar-refractivity contribution in [3.8, 4) is 5.75 Å². The molecule has 0 bridgehead atoms. The molecular formula is C18H22N4O4S. The Morgan fingerprint density at radius 3 is 2.67 bits per heavy atom. The van der Waals surface area contributed by atoms with Gasteiger partial charge >= 0.3 is 6.03 Å². The van der Waals surface area contributed by atoms with Gasteiger partial charge in [0.15, 0.2) is 0 Å². The molecule has 8 nitrogen and oxygen atoms in total. The first kappa shape index (κ1) is 19.2. The first-order valence-electron chi connectivity index (χ1n) is 8.81. The molecule has 9 heteroatoms. The molecule has 0 aliphatic heterocycles. The highest BCUT2D eigenvalue weighted by molar-refractivity contribution is 7.99. The number of methoxy groups -OCH3 is 1. The van der Waals surface area contributed by atoms with E-state index in [1.165, 1.54) is 0 Å². The topological polar surface area (TPSA) is 106 Å². The number of amides is 3. The summed E-state index contributed by atoms with van der Waals surface area (Å²) in [6, 6.07) is 7.29. The van der Waals surface area contributed by atoms with Crippen LogP contribution in [0.15, 0.2) is 33.9 Å². The van der Waals surface area contributed by atoms with Crippen LogP contribution in [0.3, 0.4) is 0 Å². The van der Waals surface area contributed by atoms with Crippen molar-refractivity contribution in [3.05, 3.63) is 35.7 Å². The van der Waals surface area contributed by atoms with Crippen LogP contribution < -0.4 is 15.4 Å². The molecule has 27 heavy (non-hydrogen) atoms. The fraction of sp³-hybridized carbons (Fsp3) is 0.444. The highest BCUT2D eigenvalue weighted by Crippen LogP contribution is 2.19. The zero-order chi connectivity index (χ0) is 19.1. The monoisotopic (exact) mass is 390 g/mol. The summed E-state index contributed by atoms with van der Waals surface area (Å²) in [7, 11) is 1.62. The highest BCUT2D eigenvalue weighted by Gasteiger charge is 2.18. The fourth-order valence-corrected chi connectivity index (χ4v) is 3.45. The molecule has 1 heterocycles. The average molecular weight is 390 g/mol. The van der Waals surface area contributed by atoms with Crippen molar-refractivity contribution in [2.45, 2.75) is 43.4 Å². The lowest BCUT2D eigenvalue weighted by atomic mass is 10.1. The first-order valence-corrected chi connectivity index (χ1v) is 9.79. The van der Waals surface area contributed by atoms with Gasteiger partial charge in [0.1, 0.15) is 5.75 Å². The molecule has 0 saturated heterocycles. The van der Waals surface area contributed by atoms with Crippen LogP contribution in [0.2, 0.25) is 0 Å². The molecule has 1 fully saturated rings. The SMILES string of the molecule is COc1ccc(Cc2nnc(SCC(=O)NC(=O)NC3CCCC3)o2)cc1. The number of carbonyl (C=O) groups excluding carboxylic acids is 2. The summed E-state index contributed by atoms with van der Waals surface area (Å²) in [5.41, 5.74) is 1.01. The van der Waals surface area contributed by atoms with Crippen molar-refractivity contribution in [1.82, 2.24) is 20.8 Å². The Bertz CT molecular complexity index is 772. The minimum absolute atomic E-state index is 0.0300. The van der Waals surface area contributed by atoms with Crippen LogP contribution in [-0.2, 0) is 11.2 Å². The van der Waals surface area contributed by atoms with Crippen molar-refractivity contribution in [2.24, 2.45) is 0 Å². The molecule has 3 rings (SSSR count). The van der Waals surface area contributed by atoms with Gasteiger partial charge in [0.25, 0.3) is 5.22 Å². The zero-order valence-electron chi connectivity index (χ0n) is 15.1. The predicted molar refractivity (Wildman–Crippen MR) is 99.8 cm³/mol. The van der Waals surface area contributed by atoms with Crippen molar-refractivity contribution < 1.29 is 18.7 Å². The van der Waals surface area contributed by atoms with E-state index in [-0.39, 0.29) is 11.8 Å². The molecule has 0 atom stereocenters. The number of ether oxygens (including phenoxy) is 1. The normalized spacial score (nSPS) is 14.1. The molecule has 0 unspecified atom stereocenters. The van der Waals surface area contributed by atoms with E-state index in [4.69, 9.17) is 9.15 Å². The van der Waals surface area contributed by atoms with Crippen molar-refractivity contribution in [3.63, 3.8) is 0 Å². The number of urea groups is 1. The van der Waals surface area contributed by atoms with Crippen molar-refractivity contribution >= 4 is 23.7 Å². The van der Waals surface area contributed by atoms with E-state index in [9.17, 15) is 9.59 Å². The maximum absolute atomic E-state index is 11.9. The Hall–Kier alpha value is -2.55. The lowest BCUT2D eigenvalue weighted by Crippen LogP contribution is -2.44. The summed E-state index contributed by atoms with van der Waals surface area (Å²) in [6.45, 7) is 0. The Balaban J connectivity index is 1.41. The minimum Gasteiger partial charge on any atom is -0.497 e. The summed E-state index contributed by atoms with van der Waals surface area (Å²) in [5.74, 6) is 0.873. The second-order valence-electron chi connectivity index (χ2n) is 6.28. The molecule has 144 valence electrons. The molecule has 0 radical (unpaired) electrons. The van der Waals surface area contributed by atoms with Crippen LogP contribution in [0.25, 0.3) is 0 Å². The van der Waals surface area contributed by atoms with Gasteiger partial charge in [0.05, 0.1) is 19.3 Å². The van der Waals surface area contributed by atoms with Crippen LogP contribution in [0.4, 0.5) is 4.79 Å². The number of hydrogen-bond donors (Lipinski definition) is 2. The van der Waals surface area contributed by atoms with Crippen LogP contribution in [0.5, 0.6) is 5.75 Å². The average Bonchev–Trinajstić information content (AvgIpc) is 3.32.